The fourth-order valence-corrected chi connectivity index (χ4v) is 5.61. The third-order valence-corrected chi connectivity index (χ3v) is 7.44. The van der Waals surface area contributed by atoms with E-state index in [0.29, 0.717) is 16.5 Å². The van der Waals surface area contributed by atoms with Crippen LogP contribution in [0.4, 0.5) is 0 Å². The van der Waals surface area contributed by atoms with Gasteiger partial charge in [-0.25, -0.2) is 18.4 Å². The zero-order valence-electron chi connectivity index (χ0n) is 16.0. The van der Waals surface area contributed by atoms with Crippen LogP contribution in [0.5, 0.6) is 6.01 Å². The number of halogens is 1. The molecule has 1 unspecified atom stereocenters. The number of benzene rings is 1. The highest BCUT2D eigenvalue weighted by Crippen LogP contribution is 2.30. The molecule has 0 saturated carbocycles. The number of aryl methyl sites for hydroxylation is 2. The van der Waals surface area contributed by atoms with Gasteiger partial charge in [-0.3, -0.25) is 0 Å². The van der Waals surface area contributed by atoms with Gasteiger partial charge in [0.05, 0.1) is 28.9 Å². The average Bonchev–Trinajstić information content (AvgIpc) is 2.62. The SMILES string of the molecule is Cc1cc(C)c(C)c(S(=O)(=O)N2CCCC(Oc3ncc(Cl)cn3)C2)c1C. The molecule has 0 spiro atoms. The number of sulfonamides is 1. The van der Waals surface area contributed by atoms with E-state index in [2.05, 4.69) is 9.97 Å². The lowest BCUT2D eigenvalue weighted by Gasteiger charge is -2.32. The normalized spacial score (nSPS) is 18.5. The zero-order valence-corrected chi connectivity index (χ0v) is 17.6. The second-order valence-corrected chi connectivity index (χ2v) is 9.33. The Hall–Kier alpha value is -1.70. The number of hydrogen-bond donors (Lipinski definition) is 0. The molecule has 1 atom stereocenters. The summed E-state index contributed by atoms with van der Waals surface area (Å²) >= 11 is 5.79. The first-order chi connectivity index (χ1) is 12.7. The fraction of sp³-hybridized carbons (Fsp3) is 0.474. The minimum absolute atomic E-state index is 0.211. The van der Waals surface area contributed by atoms with Gasteiger partial charge in [-0.2, -0.15) is 4.31 Å². The Morgan fingerprint density at radius 1 is 1.11 bits per heavy atom. The average molecular weight is 410 g/mol. The lowest BCUT2D eigenvalue weighted by molar-refractivity contribution is 0.119. The number of aromatic nitrogens is 2. The number of rotatable bonds is 4. The fourth-order valence-electron chi connectivity index (χ4n) is 3.43. The third-order valence-electron chi connectivity index (χ3n) is 5.10. The summed E-state index contributed by atoms with van der Waals surface area (Å²) in [5, 5.41) is 0.427. The van der Waals surface area contributed by atoms with Crippen molar-refractivity contribution < 1.29 is 13.2 Å². The highest BCUT2D eigenvalue weighted by Gasteiger charge is 2.34. The van der Waals surface area contributed by atoms with E-state index in [4.69, 9.17) is 16.3 Å². The van der Waals surface area contributed by atoms with Crippen LogP contribution in [0.15, 0.2) is 23.4 Å². The van der Waals surface area contributed by atoms with Crippen molar-refractivity contribution in [2.24, 2.45) is 0 Å². The predicted octanol–water partition coefficient (Wildman–Crippen LogP) is 3.60. The summed E-state index contributed by atoms with van der Waals surface area (Å²) < 4.78 is 34.1. The molecular weight excluding hydrogens is 386 g/mol. The largest absolute Gasteiger partial charge is 0.459 e. The van der Waals surface area contributed by atoms with E-state index in [1.54, 1.807) is 0 Å². The molecule has 2 aromatic rings. The van der Waals surface area contributed by atoms with E-state index >= 15 is 0 Å². The molecule has 146 valence electrons. The highest BCUT2D eigenvalue weighted by molar-refractivity contribution is 7.89. The van der Waals surface area contributed by atoms with E-state index in [1.807, 2.05) is 33.8 Å². The molecule has 1 saturated heterocycles. The lowest BCUT2D eigenvalue weighted by Crippen LogP contribution is -2.44. The topological polar surface area (TPSA) is 72.4 Å². The molecule has 0 amide bonds. The van der Waals surface area contributed by atoms with Crippen LogP contribution in [-0.4, -0.2) is 41.9 Å². The molecule has 1 fully saturated rings. The summed E-state index contributed by atoms with van der Waals surface area (Å²) in [6, 6.07) is 2.24. The minimum atomic E-state index is -3.61. The third kappa shape index (κ3) is 4.10. The Labute approximate surface area is 165 Å². The molecular formula is C19H24ClN3O3S. The minimum Gasteiger partial charge on any atom is -0.459 e. The van der Waals surface area contributed by atoms with Crippen molar-refractivity contribution in [3.63, 3.8) is 0 Å². The van der Waals surface area contributed by atoms with Gasteiger partial charge in [0.2, 0.25) is 10.0 Å². The van der Waals surface area contributed by atoms with Gasteiger partial charge in [-0.1, -0.05) is 17.7 Å². The first-order valence-corrected chi connectivity index (χ1v) is 10.7. The molecule has 8 heteroatoms. The van der Waals surface area contributed by atoms with Gasteiger partial charge in [0.1, 0.15) is 6.10 Å². The highest BCUT2D eigenvalue weighted by atomic mass is 35.5. The van der Waals surface area contributed by atoms with Crippen molar-refractivity contribution in [1.29, 1.82) is 0 Å². The van der Waals surface area contributed by atoms with Crippen LogP contribution in [0.1, 0.15) is 35.1 Å². The maximum absolute atomic E-state index is 13.4. The van der Waals surface area contributed by atoms with Crippen LogP contribution in [0, 0.1) is 27.7 Å². The molecule has 1 aromatic heterocycles. The summed E-state index contributed by atoms with van der Waals surface area (Å²) in [6.45, 7) is 8.39. The zero-order chi connectivity index (χ0) is 19.8. The summed E-state index contributed by atoms with van der Waals surface area (Å²) in [4.78, 5) is 8.49. The van der Waals surface area contributed by atoms with Crippen molar-refractivity contribution in [3.8, 4) is 6.01 Å². The first-order valence-electron chi connectivity index (χ1n) is 8.92. The van der Waals surface area contributed by atoms with E-state index in [0.717, 1.165) is 35.1 Å². The summed E-state index contributed by atoms with van der Waals surface area (Å²) in [7, 11) is -3.61. The van der Waals surface area contributed by atoms with E-state index in [-0.39, 0.29) is 18.7 Å². The Bertz CT molecular complexity index is 919. The van der Waals surface area contributed by atoms with Crippen LogP contribution >= 0.6 is 11.6 Å². The second kappa shape index (κ2) is 7.73. The Kier molecular flexibility index (Phi) is 5.74. The van der Waals surface area contributed by atoms with Gasteiger partial charge in [0, 0.05) is 6.54 Å². The van der Waals surface area contributed by atoms with E-state index in [1.165, 1.54) is 16.7 Å². The monoisotopic (exact) mass is 409 g/mol. The Morgan fingerprint density at radius 2 is 1.70 bits per heavy atom. The molecule has 3 rings (SSSR count). The maximum atomic E-state index is 13.4. The number of ether oxygens (including phenoxy) is 1. The molecule has 6 nitrogen and oxygen atoms in total. The molecule has 2 heterocycles. The second-order valence-electron chi connectivity index (χ2n) is 7.02. The molecule has 27 heavy (non-hydrogen) atoms. The quantitative estimate of drug-likeness (QED) is 0.771. The molecule has 1 aliphatic heterocycles. The molecule has 1 aliphatic rings. The molecule has 0 aliphatic carbocycles. The van der Waals surface area contributed by atoms with Crippen molar-refractivity contribution in [3.05, 3.63) is 45.7 Å². The van der Waals surface area contributed by atoms with Crippen LogP contribution in [0.25, 0.3) is 0 Å². The van der Waals surface area contributed by atoms with Gasteiger partial charge >= 0.3 is 6.01 Å². The molecule has 1 aromatic carbocycles. The summed E-state index contributed by atoms with van der Waals surface area (Å²) in [5.41, 5.74) is 3.58. The van der Waals surface area contributed by atoms with Crippen molar-refractivity contribution in [1.82, 2.24) is 14.3 Å². The van der Waals surface area contributed by atoms with Crippen LogP contribution < -0.4 is 4.74 Å². The standard InChI is InChI=1S/C19H24ClN3O3S/c1-12-8-13(2)15(4)18(14(12)3)27(24,25)23-7-5-6-17(11-23)26-19-21-9-16(20)10-22-19/h8-10,17H,5-7,11H2,1-4H3. The van der Waals surface area contributed by atoms with Gasteiger partial charge < -0.3 is 4.74 Å². The van der Waals surface area contributed by atoms with Crippen molar-refractivity contribution in [2.75, 3.05) is 13.1 Å². The van der Waals surface area contributed by atoms with Crippen molar-refractivity contribution in [2.45, 2.75) is 51.5 Å². The van der Waals surface area contributed by atoms with Crippen LogP contribution in [0.2, 0.25) is 5.02 Å². The van der Waals surface area contributed by atoms with Gasteiger partial charge in [-0.15, -0.1) is 0 Å². The van der Waals surface area contributed by atoms with Gasteiger partial charge in [0.15, 0.2) is 0 Å². The Balaban J connectivity index is 1.86. The molecule has 0 bridgehead atoms. The number of piperidine rings is 1. The van der Waals surface area contributed by atoms with Crippen LogP contribution in [0.3, 0.4) is 0 Å². The predicted molar refractivity (Wildman–Crippen MR) is 105 cm³/mol. The first kappa shape index (κ1) is 20.0. The smallest absolute Gasteiger partial charge is 0.316 e. The Morgan fingerprint density at radius 3 is 2.30 bits per heavy atom. The number of nitrogens with zero attached hydrogens (tertiary/aromatic N) is 3. The summed E-state index contributed by atoms with van der Waals surface area (Å²) in [6.07, 6.45) is 4.11. The van der Waals surface area contributed by atoms with E-state index < -0.39 is 10.0 Å². The van der Waals surface area contributed by atoms with E-state index in [9.17, 15) is 8.42 Å². The maximum Gasteiger partial charge on any atom is 0.316 e. The lowest BCUT2D eigenvalue weighted by atomic mass is 10.0. The van der Waals surface area contributed by atoms with Crippen LogP contribution in [-0.2, 0) is 10.0 Å². The summed E-state index contributed by atoms with van der Waals surface area (Å²) in [5.74, 6) is 0. The number of hydrogen-bond acceptors (Lipinski definition) is 5. The van der Waals surface area contributed by atoms with Crippen molar-refractivity contribution >= 4 is 21.6 Å². The van der Waals surface area contributed by atoms with Gasteiger partial charge in [-0.05, 0) is 62.8 Å². The molecule has 0 radical (unpaired) electrons. The molecule has 0 N–H and O–H groups in total. The van der Waals surface area contributed by atoms with Gasteiger partial charge in [0.25, 0.3) is 0 Å².